The number of rotatable bonds is 2. The molecule has 0 bridgehead atoms. The van der Waals surface area contributed by atoms with Gasteiger partial charge in [-0.05, 0) is 37.8 Å². The van der Waals surface area contributed by atoms with Crippen molar-refractivity contribution in [3.8, 4) is 11.5 Å². The van der Waals surface area contributed by atoms with E-state index in [0.29, 0.717) is 25.3 Å². The van der Waals surface area contributed by atoms with Crippen LogP contribution < -0.4 is 19.7 Å². The fourth-order valence-corrected chi connectivity index (χ4v) is 3.27. The molecule has 1 N–H and O–H groups in total. The van der Waals surface area contributed by atoms with Gasteiger partial charge in [0.15, 0.2) is 11.5 Å². The topological polar surface area (TPSA) is 33.7 Å². The Kier molecular flexibility index (Phi) is 2.99. The quantitative estimate of drug-likeness (QED) is 0.895. The Labute approximate surface area is 120 Å². The third-order valence-corrected chi connectivity index (χ3v) is 4.65. The van der Waals surface area contributed by atoms with Crippen LogP contribution in [-0.4, -0.2) is 38.4 Å². The molecule has 1 aromatic carbocycles. The van der Waals surface area contributed by atoms with E-state index in [4.69, 9.17) is 9.47 Å². The van der Waals surface area contributed by atoms with E-state index in [1.165, 1.54) is 18.5 Å². The van der Waals surface area contributed by atoms with Crippen molar-refractivity contribution < 1.29 is 9.47 Å². The monoisotopic (exact) mass is 274 g/mol. The minimum atomic E-state index is 0.521. The van der Waals surface area contributed by atoms with E-state index in [2.05, 4.69) is 29.3 Å². The average molecular weight is 274 g/mol. The van der Waals surface area contributed by atoms with Crippen molar-refractivity contribution in [3.05, 3.63) is 18.2 Å². The third-order valence-electron chi connectivity index (χ3n) is 4.65. The summed E-state index contributed by atoms with van der Waals surface area (Å²) in [5.74, 6) is 2.66. The lowest BCUT2D eigenvalue weighted by Crippen LogP contribution is -2.56. The van der Waals surface area contributed by atoms with E-state index < -0.39 is 0 Å². The van der Waals surface area contributed by atoms with Crippen LogP contribution in [0.4, 0.5) is 5.69 Å². The van der Waals surface area contributed by atoms with Gasteiger partial charge in [0, 0.05) is 36.9 Å². The largest absolute Gasteiger partial charge is 0.486 e. The summed E-state index contributed by atoms with van der Waals surface area (Å²) in [5, 5.41) is 3.70. The number of hydrogen-bond donors (Lipinski definition) is 1. The molecule has 1 aromatic rings. The standard InChI is InChI=1S/C16H22N2O2/c1-11-9-17-14(12-2-3-12)10-18(11)13-4-5-15-16(8-13)20-7-6-19-15/h4-5,8,11-12,14,17H,2-3,6-7,9-10H2,1H3. The van der Waals surface area contributed by atoms with Crippen molar-refractivity contribution in [2.75, 3.05) is 31.2 Å². The first-order valence-corrected chi connectivity index (χ1v) is 7.71. The zero-order valence-electron chi connectivity index (χ0n) is 12.0. The second kappa shape index (κ2) is 4.85. The molecule has 1 aliphatic carbocycles. The maximum atomic E-state index is 5.71. The Morgan fingerprint density at radius 3 is 2.75 bits per heavy atom. The minimum Gasteiger partial charge on any atom is -0.486 e. The van der Waals surface area contributed by atoms with E-state index >= 15 is 0 Å². The summed E-state index contributed by atoms with van der Waals surface area (Å²) in [6, 6.07) is 7.52. The Morgan fingerprint density at radius 2 is 1.95 bits per heavy atom. The predicted octanol–water partition coefficient (Wildman–Crippen LogP) is 2.03. The second-order valence-corrected chi connectivity index (χ2v) is 6.18. The number of ether oxygens (including phenoxy) is 2. The van der Waals surface area contributed by atoms with Crippen LogP contribution in [0.2, 0.25) is 0 Å². The molecular formula is C16H22N2O2. The molecule has 108 valence electrons. The Balaban J connectivity index is 1.58. The van der Waals surface area contributed by atoms with Gasteiger partial charge in [0.25, 0.3) is 0 Å². The zero-order chi connectivity index (χ0) is 13.5. The first-order valence-electron chi connectivity index (χ1n) is 7.71. The van der Waals surface area contributed by atoms with Crippen molar-refractivity contribution in [2.45, 2.75) is 31.8 Å². The molecule has 2 heterocycles. The van der Waals surface area contributed by atoms with Gasteiger partial charge in [-0.2, -0.15) is 0 Å². The molecule has 3 aliphatic rings. The van der Waals surface area contributed by atoms with Gasteiger partial charge >= 0.3 is 0 Å². The highest BCUT2D eigenvalue weighted by atomic mass is 16.6. The highest BCUT2D eigenvalue weighted by Crippen LogP contribution is 2.38. The lowest BCUT2D eigenvalue weighted by Gasteiger charge is -2.41. The van der Waals surface area contributed by atoms with Gasteiger partial charge in [0.05, 0.1) is 0 Å². The average Bonchev–Trinajstić information content (AvgIpc) is 3.32. The number of anilines is 1. The van der Waals surface area contributed by atoms with Crippen molar-refractivity contribution >= 4 is 5.69 Å². The number of hydrogen-bond acceptors (Lipinski definition) is 4. The van der Waals surface area contributed by atoms with Crippen LogP contribution >= 0.6 is 0 Å². The molecule has 2 aliphatic heterocycles. The molecular weight excluding hydrogens is 252 g/mol. The maximum absolute atomic E-state index is 5.71. The normalized spacial score (nSPS) is 29.4. The van der Waals surface area contributed by atoms with E-state index in [1.54, 1.807) is 0 Å². The Bertz CT molecular complexity index is 501. The summed E-state index contributed by atoms with van der Waals surface area (Å²) in [6.07, 6.45) is 2.78. The van der Waals surface area contributed by atoms with Crippen LogP contribution in [0.25, 0.3) is 0 Å². The highest BCUT2D eigenvalue weighted by Gasteiger charge is 2.36. The van der Waals surface area contributed by atoms with Crippen LogP contribution in [0.15, 0.2) is 18.2 Å². The number of fused-ring (bicyclic) bond motifs is 1. The fourth-order valence-electron chi connectivity index (χ4n) is 3.27. The SMILES string of the molecule is CC1CNC(C2CC2)CN1c1ccc2c(c1)OCCO2. The van der Waals surface area contributed by atoms with E-state index in [0.717, 1.165) is 30.5 Å². The molecule has 20 heavy (non-hydrogen) atoms. The third kappa shape index (κ3) is 2.22. The molecule has 4 rings (SSSR count). The van der Waals surface area contributed by atoms with Gasteiger partial charge in [-0.3, -0.25) is 0 Å². The summed E-state index contributed by atoms with van der Waals surface area (Å²) in [7, 11) is 0. The van der Waals surface area contributed by atoms with E-state index in [-0.39, 0.29) is 0 Å². The van der Waals surface area contributed by atoms with Crippen LogP contribution in [0, 0.1) is 5.92 Å². The number of nitrogens with one attached hydrogen (secondary N) is 1. The summed E-state index contributed by atoms with van der Waals surface area (Å²) in [5.41, 5.74) is 1.26. The summed E-state index contributed by atoms with van der Waals surface area (Å²) in [6.45, 7) is 5.76. The van der Waals surface area contributed by atoms with E-state index in [1.807, 2.05) is 6.07 Å². The lowest BCUT2D eigenvalue weighted by molar-refractivity contribution is 0.171. The van der Waals surface area contributed by atoms with Crippen molar-refractivity contribution in [2.24, 2.45) is 5.92 Å². The van der Waals surface area contributed by atoms with Crippen molar-refractivity contribution in [1.82, 2.24) is 5.32 Å². The minimum absolute atomic E-state index is 0.521. The fraction of sp³-hybridized carbons (Fsp3) is 0.625. The molecule has 0 radical (unpaired) electrons. The first-order chi connectivity index (χ1) is 9.81. The summed E-state index contributed by atoms with van der Waals surface area (Å²) < 4.78 is 11.3. The molecule has 2 unspecified atom stereocenters. The molecule has 0 amide bonds. The maximum Gasteiger partial charge on any atom is 0.163 e. The van der Waals surface area contributed by atoms with Crippen molar-refractivity contribution in [1.29, 1.82) is 0 Å². The highest BCUT2D eigenvalue weighted by molar-refractivity contribution is 5.57. The zero-order valence-corrected chi connectivity index (χ0v) is 12.0. The van der Waals surface area contributed by atoms with Crippen molar-refractivity contribution in [3.63, 3.8) is 0 Å². The molecule has 0 aromatic heterocycles. The molecule has 4 nitrogen and oxygen atoms in total. The van der Waals surface area contributed by atoms with Crippen LogP contribution in [-0.2, 0) is 0 Å². The Morgan fingerprint density at radius 1 is 1.15 bits per heavy atom. The van der Waals surface area contributed by atoms with Gasteiger partial charge in [-0.1, -0.05) is 0 Å². The summed E-state index contributed by atoms with van der Waals surface area (Å²) in [4.78, 5) is 2.51. The molecule has 1 saturated heterocycles. The molecule has 0 spiro atoms. The molecule has 4 heteroatoms. The van der Waals surface area contributed by atoms with Crippen LogP contribution in [0.5, 0.6) is 11.5 Å². The van der Waals surface area contributed by atoms with Gasteiger partial charge in [0.1, 0.15) is 13.2 Å². The number of nitrogens with zero attached hydrogens (tertiary/aromatic N) is 1. The first kappa shape index (κ1) is 12.3. The second-order valence-electron chi connectivity index (χ2n) is 6.18. The number of piperazine rings is 1. The lowest BCUT2D eigenvalue weighted by atomic mass is 10.0. The molecule has 2 fully saturated rings. The number of benzene rings is 1. The summed E-state index contributed by atoms with van der Waals surface area (Å²) >= 11 is 0. The van der Waals surface area contributed by atoms with Crippen LogP contribution in [0.1, 0.15) is 19.8 Å². The van der Waals surface area contributed by atoms with Gasteiger partial charge in [-0.25, -0.2) is 0 Å². The molecule has 1 saturated carbocycles. The van der Waals surface area contributed by atoms with Gasteiger partial charge < -0.3 is 19.7 Å². The smallest absolute Gasteiger partial charge is 0.163 e. The van der Waals surface area contributed by atoms with Gasteiger partial charge in [0.2, 0.25) is 0 Å². The Hall–Kier alpha value is -1.42. The van der Waals surface area contributed by atoms with Gasteiger partial charge in [-0.15, -0.1) is 0 Å². The van der Waals surface area contributed by atoms with Crippen LogP contribution in [0.3, 0.4) is 0 Å². The molecule has 2 atom stereocenters. The van der Waals surface area contributed by atoms with E-state index in [9.17, 15) is 0 Å². The predicted molar refractivity (Wildman–Crippen MR) is 78.8 cm³/mol.